The fourth-order valence-electron chi connectivity index (χ4n) is 5.10. The van der Waals surface area contributed by atoms with Crippen LogP contribution in [0.3, 0.4) is 0 Å². The first-order valence-corrected chi connectivity index (χ1v) is 13.4. The Morgan fingerprint density at radius 1 is 0.571 bits per heavy atom. The maximum atomic E-state index is 10.9. The zero-order valence-electron chi connectivity index (χ0n) is 22.3. The summed E-state index contributed by atoms with van der Waals surface area (Å²) in [5, 5.41) is 122. The van der Waals surface area contributed by atoms with Crippen LogP contribution < -0.4 is 0 Å². The van der Waals surface area contributed by atoms with Crippen molar-refractivity contribution in [2.24, 2.45) is 0 Å². The van der Waals surface area contributed by atoms with Crippen LogP contribution >= 0.6 is 0 Å². The van der Waals surface area contributed by atoms with E-state index >= 15 is 0 Å². The minimum Gasteiger partial charge on any atom is -0.394 e. The molecular formula is C23H40O19. The van der Waals surface area contributed by atoms with Gasteiger partial charge in [0.25, 0.3) is 0 Å². The van der Waals surface area contributed by atoms with E-state index in [4.69, 9.17) is 33.2 Å². The van der Waals surface area contributed by atoms with Crippen molar-refractivity contribution in [2.45, 2.75) is 124 Å². The second kappa shape index (κ2) is 14.1. The molecule has 4 aliphatic heterocycles. The molecule has 4 rings (SSSR count). The topological polar surface area (TPSA) is 307 Å². The minimum absolute atomic E-state index is 0.409. The van der Waals surface area contributed by atoms with E-state index in [2.05, 4.69) is 0 Å². The van der Waals surface area contributed by atoms with Gasteiger partial charge in [-0.25, -0.2) is 0 Å². The van der Waals surface area contributed by atoms with Crippen LogP contribution in [-0.2, 0) is 33.2 Å². The standard InChI is InChI=1S/C23H40O19/c1-5-9(26)19(42-22-15(32)10(27)6(25)3-36-22)17(34)23(38-5)41-18-7(2-24)40-21(16(33)13(18)30)37-4-8-11(28)12(29)14(31)20(35)39-8/h5-35H,2-4H2,1H3/t5-,6+,7+,8+,9-,10-,11+,12-,13+,14+,15+,16+,17+,18+,19+,20?,21+,22-,23-/m0/s1. The van der Waals surface area contributed by atoms with E-state index in [1.807, 2.05) is 0 Å². The Morgan fingerprint density at radius 2 is 1.21 bits per heavy atom. The lowest BCUT2D eigenvalue weighted by molar-refractivity contribution is -0.375. The van der Waals surface area contributed by atoms with Crippen molar-refractivity contribution < 1.29 is 94.4 Å². The second-order valence-electron chi connectivity index (χ2n) is 10.7. The lowest BCUT2D eigenvalue weighted by Crippen LogP contribution is -2.65. The predicted octanol–water partition coefficient (Wildman–Crippen LogP) is -8.08. The van der Waals surface area contributed by atoms with Gasteiger partial charge in [0.15, 0.2) is 25.2 Å². The minimum atomic E-state index is -1.85. The number of aliphatic hydroxyl groups excluding tert-OH is 12. The Morgan fingerprint density at radius 3 is 1.88 bits per heavy atom. The summed E-state index contributed by atoms with van der Waals surface area (Å²) in [4.78, 5) is 0. The Labute approximate surface area is 238 Å². The molecule has 246 valence electrons. The van der Waals surface area contributed by atoms with Gasteiger partial charge in [-0.2, -0.15) is 0 Å². The monoisotopic (exact) mass is 620 g/mol. The molecular weight excluding hydrogens is 580 g/mol. The van der Waals surface area contributed by atoms with Gasteiger partial charge in [0, 0.05) is 0 Å². The molecule has 0 aromatic heterocycles. The van der Waals surface area contributed by atoms with Gasteiger partial charge < -0.3 is 94.4 Å². The molecule has 0 spiro atoms. The highest BCUT2D eigenvalue weighted by Crippen LogP contribution is 2.32. The van der Waals surface area contributed by atoms with Gasteiger partial charge in [-0.1, -0.05) is 0 Å². The average Bonchev–Trinajstić information content (AvgIpc) is 2.96. The third-order valence-electron chi connectivity index (χ3n) is 7.75. The molecule has 42 heavy (non-hydrogen) atoms. The molecule has 0 amide bonds. The van der Waals surface area contributed by atoms with Gasteiger partial charge in [-0.15, -0.1) is 0 Å². The first kappa shape index (κ1) is 34.1. The van der Waals surface area contributed by atoms with Crippen molar-refractivity contribution in [2.75, 3.05) is 19.8 Å². The van der Waals surface area contributed by atoms with Crippen molar-refractivity contribution in [3.8, 4) is 0 Å². The summed E-state index contributed by atoms with van der Waals surface area (Å²) in [5.74, 6) is 0. The SMILES string of the molecule is C[C@@H]1O[C@@H](O[C@H]2[C@H](O)[C@@H](O)[C@H](OC[C@H]3OC(O)[C@H](O)[C@@H](O)[C@@H]3O)O[C@@H]2CO)[C@H](O)[C@H](O[C@@H]2OC[C@@H](O)[C@H](O)[C@H]2O)[C@H]1O. The van der Waals surface area contributed by atoms with Crippen LogP contribution in [0.2, 0.25) is 0 Å². The van der Waals surface area contributed by atoms with E-state index in [0.717, 1.165) is 0 Å². The highest BCUT2D eigenvalue weighted by molar-refractivity contribution is 4.95. The van der Waals surface area contributed by atoms with Gasteiger partial charge in [-0.3, -0.25) is 0 Å². The number of hydrogen-bond donors (Lipinski definition) is 12. The molecule has 19 nitrogen and oxygen atoms in total. The summed E-state index contributed by atoms with van der Waals surface area (Å²) in [6, 6.07) is 0. The lowest BCUT2D eigenvalue weighted by atomic mass is 9.96. The Hall–Kier alpha value is -0.760. The van der Waals surface area contributed by atoms with Gasteiger partial charge in [0.05, 0.1) is 25.9 Å². The molecule has 1 unspecified atom stereocenters. The number of aliphatic hydroxyl groups is 12. The van der Waals surface area contributed by atoms with Crippen LogP contribution in [0, 0.1) is 0 Å². The van der Waals surface area contributed by atoms with Crippen LogP contribution in [0.15, 0.2) is 0 Å². The van der Waals surface area contributed by atoms with Crippen LogP contribution in [-0.4, -0.2) is 198 Å². The van der Waals surface area contributed by atoms with Gasteiger partial charge in [0.1, 0.15) is 85.5 Å². The van der Waals surface area contributed by atoms with Gasteiger partial charge in [-0.05, 0) is 6.92 Å². The zero-order valence-corrected chi connectivity index (χ0v) is 22.3. The van der Waals surface area contributed by atoms with Crippen LogP contribution in [0.25, 0.3) is 0 Å². The first-order valence-electron chi connectivity index (χ1n) is 13.4. The van der Waals surface area contributed by atoms with Crippen molar-refractivity contribution >= 4 is 0 Å². The molecule has 0 aromatic rings. The number of ether oxygens (including phenoxy) is 7. The van der Waals surface area contributed by atoms with E-state index in [1.165, 1.54) is 6.92 Å². The highest BCUT2D eigenvalue weighted by atomic mass is 16.8. The maximum Gasteiger partial charge on any atom is 0.187 e. The summed E-state index contributed by atoms with van der Waals surface area (Å²) in [5.41, 5.74) is 0. The smallest absolute Gasteiger partial charge is 0.187 e. The molecule has 19 heteroatoms. The molecule has 12 N–H and O–H groups in total. The first-order chi connectivity index (χ1) is 19.8. The Balaban J connectivity index is 1.39. The Kier molecular flexibility index (Phi) is 11.5. The quantitative estimate of drug-likeness (QED) is 0.120. The Bertz CT molecular complexity index is 853. The average molecular weight is 621 g/mol. The molecule has 4 aliphatic rings. The van der Waals surface area contributed by atoms with Gasteiger partial charge in [0.2, 0.25) is 0 Å². The van der Waals surface area contributed by atoms with E-state index in [-0.39, 0.29) is 0 Å². The molecule has 4 fully saturated rings. The molecule has 0 aliphatic carbocycles. The molecule has 4 heterocycles. The second-order valence-corrected chi connectivity index (χ2v) is 10.7. The fraction of sp³-hybridized carbons (Fsp3) is 1.00. The largest absolute Gasteiger partial charge is 0.394 e. The fourth-order valence-corrected chi connectivity index (χ4v) is 5.10. The van der Waals surface area contributed by atoms with Crippen molar-refractivity contribution in [1.82, 2.24) is 0 Å². The summed E-state index contributed by atoms with van der Waals surface area (Å²) in [6.07, 6.45) is -30.7. The maximum absolute atomic E-state index is 10.9. The van der Waals surface area contributed by atoms with Crippen molar-refractivity contribution in [3.05, 3.63) is 0 Å². The number of rotatable bonds is 8. The molecule has 0 aromatic carbocycles. The molecule has 0 radical (unpaired) electrons. The van der Waals surface area contributed by atoms with Crippen LogP contribution in [0.1, 0.15) is 6.92 Å². The van der Waals surface area contributed by atoms with E-state index < -0.39 is 137 Å². The molecule has 0 saturated carbocycles. The summed E-state index contributed by atoms with van der Waals surface area (Å²) < 4.78 is 37.7. The predicted molar refractivity (Wildman–Crippen MR) is 126 cm³/mol. The summed E-state index contributed by atoms with van der Waals surface area (Å²) in [6.45, 7) is -0.415. The summed E-state index contributed by atoms with van der Waals surface area (Å²) in [7, 11) is 0. The third kappa shape index (κ3) is 6.89. The zero-order chi connectivity index (χ0) is 31.0. The van der Waals surface area contributed by atoms with E-state index in [1.54, 1.807) is 0 Å². The van der Waals surface area contributed by atoms with Crippen molar-refractivity contribution in [1.29, 1.82) is 0 Å². The highest BCUT2D eigenvalue weighted by Gasteiger charge is 2.53. The van der Waals surface area contributed by atoms with Crippen LogP contribution in [0.4, 0.5) is 0 Å². The molecule has 4 saturated heterocycles. The normalized spacial score (nSPS) is 54.1. The van der Waals surface area contributed by atoms with Gasteiger partial charge >= 0.3 is 0 Å². The van der Waals surface area contributed by atoms with Crippen LogP contribution in [0.5, 0.6) is 0 Å². The molecule has 19 atom stereocenters. The third-order valence-corrected chi connectivity index (χ3v) is 7.75. The number of hydrogen-bond acceptors (Lipinski definition) is 19. The summed E-state index contributed by atoms with van der Waals surface area (Å²) >= 11 is 0. The van der Waals surface area contributed by atoms with E-state index in [9.17, 15) is 61.3 Å². The van der Waals surface area contributed by atoms with Crippen molar-refractivity contribution in [3.63, 3.8) is 0 Å². The molecule has 0 bridgehead atoms. The lowest BCUT2D eigenvalue weighted by Gasteiger charge is -2.47. The van der Waals surface area contributed by atoms with E-state index in [0.29, 0.717) is 0 Å².